The maximum atomic E-state index is 10.9. The summed E-state index contributed by atoms with van der Waals surface area (Å²) in [5.74, 6) is -2.56. The van der Waals surface area contributed by atoms with Crippen LogP contribution in [0.2, 0.25) is 0 Å². The Hall–Kier alpha value is -2.24. The van der Waals surface area contributed by atoms with E-state index < -0.39 is 11.8 Å². The molecule has 0 aliphatic heterocycles. The fraction of sp³-hybridized carbons (Fsp3) is 0. The minimum Gasteiger partial charge on any atom is -0.475 e. The van der Waals surface area contributed by atoms with Crippen LogP contribution in [-0.4, -0.2) is 28.3 Å². The Morgan fingerprint density at radius 3 is 2.71 bits per heavy atom. The maximum absolute atomic E-state index is 10.9. The third-order valence-electron chi connectivity index (χ3n) is 1.38. The molecule has 6 nitrogen and oxygen atoms in total. The van der Waals surface area contributed by atoms with E-state index in [9.17, 15) is 14.4 Å². The predicted octanol–water partition coefficient (Wildman–Crippen LogP) is -0.0828. The monoisotopic (exact) mass is 194 g/mol. The molecule has 6 heteroatoms. The van der Waals surface area contributed by atoms with Crippen molar-refractivity contribution in [3.05, 3.63) is 23.9 Å². The summed E-state index contributed by atoms with van der Waals surface area (Å²) in [7, 11) is 0. The van der Waals surface area contributed by atoms with Crippen LogP contribution in [0.3, 0.4) is 0 Å². The number of carboxylic acids is 1. The largest absolute Gasteiger partial charge is 0.475 e. The summed E-state index contributed by atoms with van der Waals surface area (Å²) in [4.78, 5) is 34.9. The van der Waals surface area contributed by atoms with Gasteiger partial charge < -0.3 is 10.4 Å². The van der Waals surface area contributed by atoms with Crippen molar-refractivity contribution in [3.63, 3.8) is 0 Å². The number of anilines is 1. The molecular formula is C8H6N2O4. The molecule has 0 fully saturated rings. The van der Waals surface area contributed by atoms with Crippen molar-refractivity contribution < 1.29 is 19.5 Å². The smallest absolute Gasteiger partial charge is 0.378 e. The van der Waals surface area contributed by atoms with Gasteiger partial charge in [0.05, 0.1) is 0 Å². The minimum absolute atomic E-state index is 0.132. The SMILES string of the molecule is O=CNc1cccc(C(=O)C(=O)O)n1. The molecule has 0 aliphatic rings. The lowest BCUT2D eigenvalue weighted by Gasteiger charge is -1.98. The van der Waals surface area contributed by atoms with E-state index in [1.807, 2.05) is 0 Å². The first-order valence-corrected chi connectivity index (χ1v) is 3.60. The highest BCUT2D eigenvalue weighted by molar-refractivity contribution is 6.39. The Bertz CT molecular complexity index is 389. The number of hydrogen-bond donors (Lipinski definition) is 2. The summed E-state index contributed by atoms with van der Waals surface area (Å²) >= 11 is 0. The molecule has 14 heavy (non-hydrogen) atoms. The highest BCUT2D eigenvalue weighted by Crippen LogP contribution is 2.04. The van der Waals surface area contributed by atoms with Crippen LogP contribution < -0.4 is 5.32 Å². The van der Waals surface area contributed by atoms with Crippen LogP contribution in [-0.2, 0) is 9.59 Å². The standard InChI is InChI=1S/C8H6N2O4/c11-4-9-6-3-1-2-5(10-6)7(12)8(13)14/h1-4H,(H,13,14)(H,9,10,11). The molecule has 1 aromatic heterocycles. The van der Waals surface area contributed by atoms with Gasteiger partial charge in [0, 0.05) is 0 Å². The van der Waals surface area contributed by atoms with Crippen molar-refractivity contribution in [3.8, 4) is 0 Å². The number of carbonyl (C=O) groups excluding carboxylic acids is 2. The van der Waals surface area contributed by atoms with Gasteiger partial charge in [-0.15, -0.1) is 0 Å². The zero-order valence-corrected chi connectivity index (χ0v) is 6.93. The van der Waals surface area contributed by atoms with Gasteiger partial charge in [0.1, 0.15) is 11.5 Å². The van der Waals surface area contributed by atoms with Crippen LogP contribution >= 0.6 is 0 Å². The lowest BCUT2D eigenvalue weighted by molar-refractivity contribution is -0.131. The van der Waals surface area contributed by atoms with Gasteiger partial charge in [-0.25, -0.2) is 9.78 Å². The Labute approximate surface area is 78.6 Å². The fourth-order valence-corrected chi connectivity index (χ4v) is 0.811. The van der Waals surface area contributed by atoms with Gasteiger partial charge in [-0.3, -0.25) is 9.59 Å². The molecule has 0 aromatic carbocycles. The molecule has 1 heterocycles. The summed E-state index contributed by atoms with van der Waals surface area (Å²) in [5.41, 5.74) is -0.218. The summed E-state index contributed by atoms with van der Waals surface area (Å²) in [6.07, 6.45) is 0.386. The molecule has 2 N–H and O–H groups in total. The lowest BCUT2D eigenvalue weighted by Crippen LogP contribution is -2.14. The second-order valence-corrected chi connectivity index (χ2v) is 2.30. The van der Waals surface area contributed by atoms with E-state index in [4.69, 9.17) is 5.11 Å². The number of pyridine rings is 1. The van der Waals surface area contributed by atoms with Crippen molar-refractivity contribution in [1.29, 1.82) is 0 Å². The van der Waals surface area contributed by atoms with Crippen molar-refractivity contribution >= 4 is 24.0 Å². The van der Waals surface area contributed by atoms with Gasteiger partial charge in [-0.2, -0.15) is 0 Å². The number of nitrogens with zero attached hydrogens (tertiary/aromatic N) is 1. The number of amides is 1. The Balaban J connectivity index is 2.99. The minimum atomic E-state index is -1.58. The van der Waals surface area contributed by atoms with Gasteiger partial charge >= 0.3 is 5.97 Å². The zero-order valence-electron chi connectivity index (χ0n) is 6.93. The molecular weight excluding hydrogens is 188 g/mol. The summed E-state index contributed by atoms with van der Waals surface area (Å²) < 4.78 is 0. The van der Waals surface area contributed by atoms with E-state index >= 15 is 0 Å². The molecule has 0 bridgehead atoms. The maximum Gasteiger partial charge on any atom is 0.378 e. The molecule has 1 rings (SSSR count). The number of hydrogen-bond acceptors (Lipinski definition) is 4. The summed E-state index contributed by atoms with van der Waals surface area (Å²) in [5, 5.41) is 10.6. The Morgan fingerprint density at radius 1 is 1.43 bits per heavy atom. The molecule has 0 aliphatic carbocycles. The van der Waals surface area contributed by atoms with Crippen molar-refractivity contribution in [1.82, 2.24) is 4.98 Å². The first-order valence-electron chi connectivity index (χ1n) is 3.60. The third-order valence-corrected chi connectivity index (χ3v) is 1.38. The number of carbonyl (C=O) groups is 3. The van der Waals surface area contributed by atoms with Gasteiger partial charge in [-0.1, -0.05) is 6.07 Å². The van der Waals surface area contributed by atoms with Gasteiger partial charge in [0.15, 0.2) is 0 Å². The number of carboxylic acid groups (broad SMARTS) is 1. The number of aromatic nitrogens is 1. The molecule has 0 saturated carbocycles. The van der Waals surface area contributed by atoms with E-state index in [0.717, 1.165) is 0 Å². The van der Waals surface area contributed by atoms with E-state index in [2.05, 4.69) is 10.3 Å². The van der Waals surface area contributed by atoms with Crippen LogP contribution in [0.15, 0.2) is 18.2 Å². The van der Waals surface area contributed by atoms with Gasteiger partial charge in [-0.05, 0) is 12.1 Å². The third kappa shape index (κ3) is 2.13. The first kappa shape index (κ1) is 9.85. The van der Waals surface area contributed by atoms with Gasteiger partial charge in [0.2, 0.25) is 6.41 Å². The quantitative estimate of drug-likeness (QED) is 0.397. The zero-order chi connectivity index (χ0) is 10.6. The molecule has 0 atom stereocenters. The number of rotatable bonds is 4. The summed E-state index contributed by atoms with van der Waals surface area (Å²) in [6, 6.07) is 4.12. The lowest BCUT2D eigenvalue weighted by atomic mass is 10.2. The Kier molecular flexibility index (Phi) is 2.90. The molecule has 1 amide bonds. The second kappa shape index (κ2) is 4.13. The average molecular weight is 194 g/mol. The average Bonchev–Trinajstić information content (AvgIpc) is 2.17. The van der Waals surface area contributed by atoms with E-state index in [1.54, 1.807) is 0 Å². The summed E-state index contributed by atoms with van der Waals surface area (Å²) in [6.45, 7) is 0. The molecule has 0 spiro atoms. The molecule has 0 radical (unpaired) electrons. The highest BCUT2D eigenvalue weighted by atomic mass is 16.4. The Morgan fingerprint density at radius 2 is 2.14 bits per heavy atom. The van der Waals surface area contributed by atoms with E-state index in [-0.39, 0.29) is 11.5 Å². The first-order chi connectivity index (χ1) is 6.65. The van der Waals surface area contributed by atoms with Crippen LogP contribution in [0.4, 0.5) is 5.82 Å². The van der Waals surface area contributed by atoms with Crippen LogP contribution in [0.5, 0.6) is 0 Å². The number of Topliss-reactive ketones (excluding diaryl/α,β-unsaturated/α-hetero) is 1. The fourth-order valence-electron chi connectivity index (χ4n) is 0.811. The van der Waals surface area contributed by atoms with Crippen molar-refractivity contribution in [2.24, 2.45) is 0 Å². The molecule has 0 saturated heterocycles. The highest BCUT2D eigenvalue weighted by Gasteiger charge is 2.15. The van der Waals surface area contributed by atoms with Crippen molar-refractivity contribution in [2.75, 3.05) is 5.32 Å². The number of ketones is 1. The van der Waals surface area contributed by atoms with Crippen LogP contribution in [0.1, 0.15) is 10.5 Å². The number of nitrogens with one attached hydrogen (secondary N) is 1. The van der Waals surface area contributed by atoms with E-state index in [1.165, 1.54) is 18.2 Å². The van der Waals surface area contributed by atoms with E-state index in [0.29, 0.717) is 6.41 Å². The topological polar surface area (TPSA) is 96.4 Å². The molecule has 72 valence electrons. The van der Waals surface area contributed by atoms with Gasteiger partial charge in [0.25, 0.3) is 5.78 Å². The molecule has 1 aromatic rings. The molecule has 0 unspecified atom stereocenters. The van der Waals surface area contributed by atoms with Crippen LogP contribution in [0.25, 0.3) is 0 Å². The normalized spacial score (nSPS) is 9.14. The predicted molar refractivity (Wildman–Crippen MR) is 45.9 cm³/mol. The van der Waals surface area contributed by atoms with Crippen LogP contribution in [0, 0.1) is 0 Å². The number of aliphatic carboxylic acids is 1. The second-order valence-electron chi connectivity index (χ2n) is 2.30. The van der Waals surface area contributed by atoms with Crippen molar-refractivity contribution in [2.45, 2.75) is 0 Å².